The molecule has 12 aromatic carbocycles. The monoisotopic (exact) mass is 764 g/mol. The SMILES string of the molecule is O=C1c2cc3c(cc2-c2c1ccc1cc4ccccc4cc21)-c1cc(-c2cccc4c2c(=O)c2c5cc6ccc7c(=O)c8ccccc8c7c6cc5ccc42)ccc1C3O. The molecule has 0 fully saturated rings. The Hall–Kier alpha value is -7.79. The Kier molecular flexibility index (Phi) is 5.92. The summed E-state index contributed by atoms with van der Waals surface area (Å²) in [6.07, 6.45) is -0.882. The second-order valence-electron chi connectivity index (χ2n) is 16.6. The zero-order chi connectivity index (χ0) is 39.7. The van der Waals surface area contributed by atoms with Gasteiger partial charge in [0.25, 0.3) is 0 Å². The van der Waals surface area contributed by atoms with Crippen molar-refractivity contribution in [2.24, 2.45) is 0 Å². The van der Waals surface area contributed by atoms with E-state index in [-0.39, 0.29) is 16.6 Å². The fraction of sp³-hybridized carbons (Fsp3) is 0.0179. The summed E-state index contributed by atoms with van der Waals surface area (Å²) in [7, 11) is 0. The largest absolute Gasteiger partial charge is 0.384 e. The number of fused-ring (bicyclic) bond motifs is 19. The lowest BCUT2D eigenvalue weighted by Gasteiger charge is -2.11. The van der Waals surface area contributed by atoms with Crippen molar-refractivity contribution < 1.29 is 9.90 Å². The molecule has 2 aliphatic rings. The van der Waals surface area contributed by atoms with Gasteiger partial charge in [-0.3, -0.25) is 14.4 Å². The third kappa shape index (κ3) is 3.92. The smallest absolute Gasteiger partial charge is 0.195 e. The van der Waals surface area contributed by atoms with E-state index < -0.39 is 6.10 Å². The van der Waals surface area contributed by atoms with Crippen LogP contribution in [-0.2, 0) is 0 Å². The lowest BCUT2D eigenvalue weighted by atomic mass is 9.92. The van der Waals surface area contributed by atoms with E-state index in [0.717, 1.165) is 115 Å². The first-order valence-electron chi connectivity index (χ1n) is 20.3. The molecule has 0 saturated heterocycles. The van der Waals surface area contributed by atoms with E-state index >= 15 is 0 Å². The van der Waals surface area contributed by atoms with E-state index in [1.807, 2.05) is 97.1 Å². The second kappa shape index (κ2) is 11.0. The van der Waals surface area contributed by atoms with Gasteiger partial charge in [-0.1, -0.05) is 103 Å². The van der Waals surface area contributed by atoms with Crippen LogP contribution in [0.1, 0.15) is 33.2 Å². The van der Waals surface area contributed by atoms with Crippen molar-refractivity contribution in [2.45, 2.75) is 6.10 Å². The summed E-state index contributed by atoms with van der Waals surface area (Å²) in [6.45, 7) is 0. The zero-order valence-corrected chi connectivity index (χ0v) is 31.8. The fourth-order valence-electron chi connectivity index (χ4n) is 11.0. The van der Waals surface area contributed by atoms with E-state index in [1.165, 1.54) is 0 Å². The molecule has 0 spiro atoms. The summed E-state index contributed by atoms with van der Waals surface area (Å²) in [6, 6.07) is 52.8. The molecule has 1 N–H and O–H groups in total. The highest BCUT2D eigenvalue weighted by Crippen LogP contribution is 2.51. The Morgan fingerprint density at radius 1 is 0.333 bits per heavy atom. The molecule has 0 saturated carbocycles. The highest BCUT2D eigenvalue weighted by molar-refractivity contribution is 6.29. The molecule has 4 heteroatoms. The van der Waals surface area contributed by atoms with E-state index in [9.17, 15) is 19.5 Å². The maximum Gasteiger partial charge on any atom is 0.195 e. The van der Waals surface area contributed by atoms with Gasteiger partial charge in [-0.2, -0.15) is 0 Å². The van der Waals surface area contributed by atoms with Crippen molar-refractivity contribution >= 4 is 92.0 Å². The Balaban J connectivity index is 0.958. The van der Waals surface area contributed by atoms with Crippen molar-refractivity contribution in [2.75, 3.05) is 0 Å². The number of carbonyl (C=O) groups is 1. The average molecular weight is 765 g/mol. The molecule has 0 heterocycles. The van der Waals surface area contributed by atoms with Crippen molar-refractivity contribution in [3.8, 4) is 33.4 Å². The molecule has 1 atom stereocenters. The van der Waals surface area contributed by atoms with E-state index in [0.29, 0.717) is 27.3 Å². The molecule has 60 heavy (non-hydrogen) atoms. The van der Waals surface area contributed by atoms with Gasteiger partial charge in [0.1, 0.15) is 6.10 Å². The molecule has 0 aliphatic heterocycles. The Bertz CT molecular complexity index is 4140. The minimum atomic E-state index is -0.882. The molecule has 1 unspecified atom stereocenters. The zero-order valence-electron chi connectivity index (χ0n) is 31.8. The van der Waals surface area contributed by atoms with Gasteiger partial charge < -0.3 is 5.11 Å². The number of hydrogen-bond acceptors (Lipinski definition) is 4. The van der Waals surface area contributed by atoms with Gasteiger partial charge in [-0.25, -0.2) is 0 Å². The van der Waals surface area contributed by atoms with Crippen molar-refractivity contribution in [1.29, 1.82) is 0 Å². The predicted molar refractivity (Wildman–Crippen MR) is 245 cm³/mol. The quantitative estimate of drug-likeness (QED) is 0.169. The van der Waals surface area contributed by atoms with Gasteiger partial charge in [-0.15, -0.1) is 0 Å². The minimum Gasteiger partial charge on any atom is -0.384 e. The van der Waals surface area contributed by atoms with Gasteiger partial charge in [0.15, 0.2) is 16.6 Å². The predicted octanol–water partition coefficient (Wildman–Crippen LogP) is 12.4. The molecule has 0 bridgehead atoms. The number of benzene rings is 10. The molecular weight excluding hydrogens is 737 g/mol. The van der Waals surface area contributed by atoms with Crippen LogP contribution in [0.3, 0.4) is 0 Å². The molecule has 0 aromatic heterocycles. The molecule has 12 aromatic rings. The van der Waals surface area contributed by atoms with Crippen LogP contribution in [0, 0.1) is 0 Å². The molecule has 0 amide bonds. The van der Waals surface area contributed by atoms with Crippen molar-refractivity contribution in [3.63, 3.8) is 0 Å². The van der Waals surface area contributed by atoms with Crippen LogP contribution in [-0.4, -0.2) is 10.9 Å². The molecule has 2 aliphatic carbocycles. The third-order valence-electron chi connectivity index (χ3n) is 13.7. The van der Waals surface area contributed by atoms with Crippen molar-refractivity contribution in [3.05, 3.63) is 200 Å². The number of aliphatic hydroxyl groups is 1. The van der Waals surface area contributed by atoms with E-state index in [4.69, 9.17) is 0 Å². The Morgan fingerprint density at radius 3 is 1.80 bits per heavy atom. The van der Waals surface area contributed by atoms with E-state index in [2.05, 4.69) is 60.7 Å². The minimum absolute atomic E-state index is 0.0180. The number of carbonyl (C=O) groups excluding carboxylic acids is 1. The molecule has 14 rings (SSSR count). The van der Waals surface area contributed by atoms with E-state index in [1.54, 1.807) is 0 Å². The summed E-state index contributed by atoms with van der Waals surface area (Å²) in [5.74, 6) is -0.0236. The van der Waals surface area contributed by atoms with Crippen molar-refractivity contribution in [1.82, 2.24) is 0 Å². The average Bonchev–Trinajstić information content (AvgIpc) is 3.95. The fourth-order valence-corrected chi connectivity index (χ4v) is 11.0. The van der Waals surface area contributed by atoms with Crippen LogP contribution in [0.2, 0.25) is 0 Å². The maximum absolute atomic E-state index is 14.9. The first-order valence-corrected chi connectivity index (χ1v) is 20.3. The van der Waals surface area contributed by atoms with Crippen LogP contribution in [0.4, 0.5) is 0 Å². The first-order chi connectivity index (χ1) is 29.4. The number of rotatable bonds is 1. The second-order valence-corrected chi connectivity index (χ2v) is 16.6. The van der Waals surface area contributed by atoms with Crippen LogP contribution in [0.5, 0.6) is 0 Å². The standard InChI is InChI=1S/C56H28O4/c57-53-37-9-4-3-8-35(37)49-39(53)19-15-31-23-43-32(22-42(31)49)12-16-36-34-11-5-10-33(51(34)56(60)52(36)43)30-13-17-38-44(24-30)45-25-46-48(26-47(45)54(38)58)55(59)40-18-14-29-20-27-6-1-2-7-28(27)21-41(29)50(40)46/h1-26,54,58H. The van der Waals surface area contributed by atoms with Gasteiger partial charge in [0.2, 0.25) is 0 Å². The summed E-state index contributed by atoms with van der Waals surface area (Å²) in [5, 5.41) is 26.5. The highest BCUT2D eigenvalue weighted by atomic mass is 16.3. The molecular formula is C56H28O4. The summed E-state index contributed by atoms with van der Waals surface area (Å²) >= 11 is 0. The van der Waals surface area contributed by atoms with Gasteiger partial charge in [-0.05, 0) is 153 Å². The molecule has 4 nitrogen and oxygen atoms in total. The molecule has 276 valence electrons. The first kappa shape index (κ1) is 32.2. The molecule has 0 radical (unpaired) electrons. The number of aliphatic hydroxyl groups excluding tert-OH is 1. The third-order valence-corrected chi connectivity index (χ3v) is 13.7. The summed E-state index contributed by atoms with van der Waals surface area (Å²) < 4.78 is 0. The Labute approximate surface area is 340 Å². The van der Waals surface area contributed by atoms with Crippen LogP contribution in [0.15, 0.2) is 167 Å². The van der Waals surface area contributed by atoms with Crippen LogP contribution in [0.25, 0.3) is 120 Å². The lowest BCUT2D eigenvalue weighted by molar-refractivity contribution is 0.104. The maximum atomic E-state index is 14.9. The number of hydrogen-bond donors (Lipinski definition) is 1. The highest BCUT2D eigenvalue weighted by Gasteiger charge is 2.35. The Morgan fingerprint density at radius 2 is 0.967 bits per heavy atom. The summed E-state index contributed by atoms with van der Waals surface area (Å²) in [5.41, 5.74) is 8.16. The van der Waals surface area contributed by atoms with Crippen LogP contribution >= 0.6 is 0 Å². The van der Waals surface area contributed by atoms with Gasteiger partial charge >= 0.3 is 0 Å². The summed E-state index contributed by atoms with van der Waals surface area (Å²) in [4.78, 5) is 42.1. The lowest BCUT2D eigenvalue weighted by Crippen LogP contribution is -1.99. The number of ketones is 1. The van der Waals surface area contributed by atoms with Crippen LogP contribution < -0.4 is 10.9 Å². The van der Waals surface area contributed by atoms with Gasteiger partial charge in [0.05, 0.1) is 0 Å². The topological polar surface area (TPSA) is 71.4 Å². The normalized spacial score (nSPS) is 14.4. The van der Waals surface area contributed by atoms with Gasteiger partial charge in [0, 0.05) is 43.6 Å².